The first-order valence-electron chi connectivity index (χ1n) is 5.64. The molecule has 0 saturated heterocycles. The van der Waals surface area contributed by atoms with E-state index in [1.807, 2.05) is 19.1 Å². The van der Waals surface area contributed by atoms with Crippen LogP contribution in [0.4, 0.5) is 0 Å². The zero-order valence-electron chi connectivity index (χ0n) is 10.3. The number of aromatic nitrogens is 1. The summed E-state index contributed by atoms with van der Waals surface area (Å²) in [4.78, 5) is 3.94. The molecule has 0 bridgehead atoms. The summed E-state index contributed by atoms with van der Waals surface area (Å²) in [5.41, 5.74) is 1.77. The third-order valence-corrected chi connectivity index (χ3v) is 4.44. The van der Waals surface area contributed by atoms with Gasteiger partial charge in [0.15, 0.2) is 0 Å². The van der Waals surface area contributed by atoms with Crippen molar-refractivity contribution in [3.8, 4) is 0 Å². The Balaban J connectivity index is 2.12. The number of nitrogens with zero attached hydrogens (tertiary/aromatic N) is 1. The van der Waals surface area contributed by atoms with Crippen molar-refractivity contribution in [3.63, 3.8) is 0 Å². The Bertz CT molecular complexity index is 672. The number of aryl methyl sites for hydroxylation is 1. The second-order valence-corrected chi connectivity index (χ2v) is 6.27. The molecular weight excluding hydrogens is 284 g/mol. The molecule has 6 heteroatoms. The molecule has 0 saturated carbocycles. The predicted octanol–water partition coefficient (Wildman–Crippen LogP) is 2.52. The van der Waals surface area contributed by atoms with E-state index in [0.717, 1.165) is 11.1 Å². The Labute approximate surface area is 117 Å². The number of hydrogen-bond donors (Lipinski definition) is 1. The Morgan fingerprint density at radius 1 is 1.32 bits per heavy atom. The van der Waals surface area contributed by atoms with Crippen molar-refractivity contribution in [3.05, 3.63) is 58.9 Å². The van der Waals surface area contributed by atoms with Gasteiger partial charge in [-0.15, -0.1) is 0 Å². The molecule has 100 valence electrons. The fourth-order valence-electron chi connectivity index (χ4n) is 1.51. The minimum atomic E-state index is -3.54. The van der Waals surface area contributed by atoms with E-state index in [-0.39, 0.29) is 11.4 Å². The van der Waals surface area contributed by atoms with Crippen molar-refractivity contribution in [2.45, 2.75) is 18.4 Å². The Kier molecular flexibility index (Phi) is 4.19. The summed E-state index contributed by atoms with van der Waals surface area (Å²) in [6.45, 7) is 2.09. The van der Waals surface area contributed by atoms with Gasteiger partial charge in [-0.05, 0) is 36.2 Å². The van der Waals surface area contributed by atoms with Crippen molar-refractivity contribution >= 4 is 21.6 Å². The van der Waals surface area contributed by atoms with Gasteiger partial charge in [0.05, 0.1) is 0 Å². The van der Waals surface area contributed by atoms with Crippen LogP contribution in [0.1, 0.15) is 11.1 Å². The van der Waals surface area contributed by atoms with Crippen LogP contribution >= 0.6 is 11.6 Å². The normalized spacial score (nSPS) is 11.5. The molecule has 1 aromatic carbocycles. The van der Waals surface area contributed by atoms with Crippen LogP contribution in [0.3, 0.4) is 0 Å². The van der Waals surface area contributed by atoms with Gasteiger partial charge in [0.25, 0.3) is 0 Å². The minimum absolute atomic E-state index is 0.146. The van der Waals surface area contributed by atoms with Crippen molar-refractivity contribution < 1.29 is 8.42 Å². The average molecular weight is 297 g/mol. The van der Waals surface area contributed by atoms with Gasteiger partial charge >= 0.3 is 0 Å². The van der Waals surface area contributed by atoms with E-state index >= 15 is 0 Å². The fourth-order valence-corrected chi connectivity index (χ4v) is 2.70. The third kappa shape index (κ3) is 3.53. The summed E-state index contributed by atoms with van der Waals surface area (Å²) in [7, 11) is -3.54. The maximum absolute atomic E-state index is 12.0. The minimum Gasteiger partial charge on any atom is -0.263 e. The SMILES string of the molecule is Cc1ccc(CNS(=O)(=O)c2cccnc2)cc1Cl. The lowest BCUT2D eigenvalue weighted by Gasteiger charge is -2.07. The quantitative estimate of drug-likeness (QED) is 0.943. The molecule has 0 aliphatic carbocycles. The lowest BCUT2D eigenvalue weighted by atomic mass is 10.1. The molecule has 0 fully saturated rings. The smallest absolute Gasteiger partial charge is 0.242 e. The number of nitrogens with one attached hydrogen (secondary N) is 1. The van der Waals surface area contributed by atoms with Gasteiger partial charge in [-0.25, -0.2) is 13.1 Å². The van der Waals surface area contributed by atoms with Crippen LogP contribution in [-0.4, -0.2) is 13.4 Å². The Morgan fingerprint density at radius 3 is 2.74 bits per heavy atom. The summed E-state index contributed by atoms with van der Waals surface area (Å²) in [5.74, 6) is 0. The summed E-state index contributed by atoms with van der Waals surface area (Å²) < 4.78 is 26.5. The first-order valence-corrected chi connectivity index (χ1v) is 7.50. The maximum Gasteiger partial charge on any atom is 0.242 e. The molecule has 1 heterocycles. The largest absolute Gasteiger partial charge is 0.263 e. The van der Waals surface area contributed by atoms with Gasteiger partial charge in [0.1, 0.15) is 4.90 Å². The number of hydrogen-bond acceptors (Lipinski definition) is 3. The molecule has 0 radical (unpaired) electrons. The first kappa shape index (κ1) is 14.0. The van der Waals surface area contributed by atoms with E-state index in [1.54, 1.807) is 12.1 Å². The number of benzene rings is 1. The maximum atomic E-state index is 12.0. The van der Waals surface area contributed by atoms with Gasteiger partial charge in [-0.2, -0.15) is 0 Å². The van der Waals surface area contributed by atoms with Crippen LogP contribution < -0.4 is 4.72 Å². The van der Waals surface area contributed by atoms with E-state index in [1.165, 1.54) is 18.5 Å². The molecule has 0 atom stereocenters. The predicted molar refractivity (Wildman–Crippen MR) is 74.5 cm³/mol. The van der Waals surface area contributed by atoms with Crippen LogP contribution in [0, 0.1) is 6.92 Å². The zero-order chi connectivity index (χ0) is 13.9. The summed E-state index contributed by atoms with van der Waals surface area (Å²) in [5, 5.41) is 0.623. The second-order valence-electron chi connectivity index (χ2n) is 4.10. The lowest BCUT2D eigenvalue weighted by Crippen LogP contribution is -2.23. The number of rotatable bonds is 4. The van der Waals surface area contributed by atoms with Crippen molar-refractivity contribution in [2.24, 2.45) is 0 Å². The molecule has 0 spiro atoms. The van der Waals surface area contributed by atoms with Crippen molar-refractivity contribution in [2.75, 3.05) is 0 Å². The molecule has 1 N–H and O–H groups in total. The molecular formula is C13H13ClN2O2S. The Morgan fingerprint density at radius 2 is 2.11 bits per heavy atom. The number of sulfonamides is 1. The highest BCUT2D eigenvalue weighted by atomic mass is 35.5. The van der Waals surface area contributed by atoms with E-state index in [0.29, 0.717) is 5.02 Å². The van der Waals surface area contributed by atoms with Gasteiger partial charge in [-0.1, -0.05) is 23.7 Å². The van der Waals surface area contributed by atoms with Crippen LogP contribution in [0.5, 0.6) is 0 Å². The average Bonchev–Trinajstić information content (AvgIpc) is 2.41. The molecule has 4 nitrogen and oxygen atoms in total. The third-order valence-electron chi connectivity index (χ3n) is 2.65. The molecule has 1 aromatic heterocycles. The van der Waals surface area contributed by atoms with E-state index in [9.17, 15) is 8.42 Å². The summed E-state index contributed by atoms with van der Waals surface area (Å²) in [6, 6.07) is 8.53. The summed E-state index contributed by atoms with van der Waals surface area (Å²) in [6.07, 6.45) is 2.84. The molecule has 2 rings (SSSR count). The van der Waals surface area contributed by atoms with Gasteiger partial charge in [0, 0.05) is 24.0 Å². The van der Waals surface area contributed by atoms with E-state index in [4.69, 9.17) is 11.6 Å². The van der Waals surface area contributed by atoms with Crippen molar-refractivity contribution in [1.29, 1.82) is 0 Å². The lowest BCUT2D eigenvalue weighted by molar-refractivity contribution is 0.581. The monoisotopic (exact) mass is 296 g/mol. The molecule has 19 heavy (non-hydrogen) atoms. The van der Waals surface area contributed by atoms with Gasteiger partial charge < -0.3 is 0 Å². The first-order chi connectivity index (χ1) is 8.99. The van der Waals surface area contributed by atoms with E-state index < -0.39 is 10.0 Å². The second kappa shape index (κ2) is 5.69. The molecule has 0 aliphatic heterocycles. The van der Waals surface area contributed by atoms with Crippen LogP contribution in [0.2, 0.25) is 5.02 Å². The van der Waals surface area contributed by atoms with Crippen LogP contribution in [0.15, 0.2) is 47.6 Å². The Hall–Kier alpha value is -1.43. The molecule has 0 amide bonds. The highest BCUT2D eigenvalue weighted by Crippen LogP contribution is 2.17. The standard InChI is InChI=1S/C13H13ClN2O2S/c1-10-4-5-11(7-13(10)14)8-16-19(17,18)12-3-2-6-15-9-12/h2-7,9,16H,8H2,1H3. The molecule has 2 aromatic rings. The zero-order valence-corrected chi connectivity index (χ0v) is 11.9. The topological polar surface area (TPSA) is 59.1 Å². The highest BCUT2D eigenvalue weighted by Gasteiger charge is 2.13. The van der Waals surface area contributed by atoms with Gasteiger partial charge in [-0.3, -0.25) is 4.98 Å². The molecule has 0 aliphatic rings. The summed E-state index contributed by atoms with van der Waals surface area (Å²) >= 11 is 5.99. The highest BCUT2D eigenvalue weighted by molar-refractivity contribution is 7.89. The number of pyridine rings is 1. The van der Waals surface area contributed by atoms with Gasteiger partial charge in [0.2, 0.25) is 10.0 Å². The van der Waals surface area contributed by atoms with E-state index in [2.05, 4.69) is 9.71 Å². The van der Waals surface area contributed by atoms with Crippen molar-refractivity contribution in [1.82, 2.24) is 9.71 Å². The number of halogens is 1. The van der Waals surface area contributed by atoms with Crippen LogP contribution in [-0.2, 0) is 16.6 Å². The van der Waals surface area contributed by atoms with Crippen LogP contribution in [0.25, 0.3) is 0 Å². The molecule has 0 unspecified atom stereocenters. The fraction of sp³-hybridized carbons (Fsp3) is 0.154.